The molecule has 0 aliphatic rings. The molecule has 1 rings (SSSR count). The van der Waals surface area contributed by atoms with Crippen molar-refractivity contribution in [3.8, 4) is 11.5 Å². The van der Waals surface area contributed by atoms with Gasteiger partial charge in [0.1, 0.15) is 0 Å². The molecular formula is C11H17BrN2O2. The zero-order valence-corrected chi connectivity index (χ0v) is 11.1. The van der Waals surface area contributed by atoms with E-state index in [1.54, 1.807) is 14.2 Å². The molecular weight excluding hydrogens is 272 g/mol. The van der Waals surface area contributed by atoms with Crippen LogP contribution in [0.15, 0.2) is 16.6 Å². The van der Waals surface area contributed by atoms with Gasteiger partial charge < -0.3 is 20.5 Å². The molecule has 0 aromatic heterocycles. The molecule has 0 amide bonds. The van der Waals surface area contributed by atoms with Crippen molar-refractivity contribution in [1.82, 2.24) is 5.32 Å². The van der Waals surface area contributed by atoms with Gasteiger partial charge in [0.2, 0.25) is 0 Å². The third kappa shape index (κ3) is 3.37. The topological polar surface area (TPSA) is 56.5 Å². The monoisotopic (exact) mass is 288 g/mol. The van der Waals surface area contributed by atoms with E-state index < -0.39 is 0 Å². The molecule has 0 saturated carbocycles. The number of benzene rings is 1. The highest BCUT2D eigenvalue weighted by atomic mass is 79.9. The summed E-state index contributed by atoms with van der Waals surface area (Å²) in [6.45, 7) is 2.17. The van der Waals surface area contributed by atoms with Gasteiger partial charge in [-0.25, -0.2) is 0 Å². The Balaban J connectivity index is 2.84. The fourth-order valence-electron chi connectivity index (χ4n) is 1.36. The van der Waals surface area contributed by atoms with Crippen molar-refractivity contribution in [2.75, 3.05) is 27.3 Å². The molecule has 0 aliphatic heterocycles. The summed E-state index contributed by atoms with van der Waals surface area (Å²) in [5.74, 6) is 1.45. The quantitative estimate of drug-likeness (QED) is 0.780. The van der Waals surface area contributed by atoms with E-state index in [1.165, 1.54) is 0 Å². The predicted molar refractivity (Wildman–Crippen MR) is 68.0 cm³/mol. The van der Waals surface area contributed by atoms with Crippen LogP contribution in [0.2, 0.25) is 0 Å². The first-order valence-corrected chi connectivity index (χ1v) is 5.83. The number of ether oxygens (including phenoxy) is 2. The van der Waals surface area contributed by atoms with E-state index in [4.69, 9.17) is 15.2 Å². The number of nitrogens with two attached hydrogens (primary N) is 1. The summed E-state index contributed by atoms with van der Waals surface area (Å²) in [5, 5.41) is 3.23. The summed E-state index contributed by atoms with van der Waals surface area (Å²) in [6, 6.07) is 3.85. The molecule has 1 aromatic carbocycles. The first-order valence-electron chi connectivity index (χ1n) is 5.04. The van der Waals surface area contributed by atoms with E-state index in [1.807, 2.05) is 12.1 Å². The lowest BCUT2D eigenvalue weighted by Crippen LogP contribution is -2.22. The molecule has 0 fully saturated rings. The third-order valence-corrected chi connectivity index (χ3v) is 2.93. The van der Waals surface area contributed by atoms with Gasteiger partial charge in [-0.2, -0.15) is 0 Å². The first-order chi connectivity index (χ1) is 7.72. The summed E-state index contributed by atoms with van der Waals surface area (Å²) in [7, 11) is 3.25. The van der Waals surface area contributed by atoms with Gasteiger partial charge in [-0.05, 0) is 17.7 Å². The van der Waals surface area contributed by atoms with Crippen molar-refractivity contribution in [1.29, 1.82) is 0 Å². The van der Waals surface area contributed by atoms with Gasteiger partial charge in [0.25, 0.3) is 0 Å². The van der Waals surface area contributed by atoms with Crippen LogP contribution in [-0.2, 0) is 6.54 Å². The first kappa shape index (κ1) is 13.3. The molecule has 0 atom stereocenters. The van der Waals surface area contributed by atoms with Crippen LogP contribution in [0.5, 0.6) is 11.5 Å². The minimum Gasteiger partial charge on any atom is -0.493 e. The van der Waals surface area contributed by atoms with Crippen LogP contribution in [0.25, 0.3) is 0 Å². The van der Waals surface area contributed by atoms with E-state index >= 15 is 0 Å². The second kappa shape index (κ2) is 6.73. The van der Waals surface area contributed by atoms with Gasteiger partial charge in [-0.3, -0.25) is 0 Å². The van der Waals surface area contributed by atoms with Crippen molar-refractivity contribution >= 4 is 15.9 Å². The van der Waals surface area contributed by atoms with Crippen molar-refractivity contribution in [3.63, 3.8) is 0 Å². The average Bonchev–Trinajstić information content (AvgIpc) is 2.31. The molecule has 1 aromatic rings. The molecule has 0 heterocycles. The van der Waals surface area contributed by atoms with E-state index in [0.29, 0.717) is 6.54 Å². The SMILES string of the molecule is COc1cc(Br)c(CNCCN)cc1OC. The molecule has 0 radical (unpaired) electrons. The molecule has 16 heavy (non-hydrogen) atoms. The molecule has 0 spiro atoms. The highest BCUT2D eigenvalue weighted by molar-refractivity contribution is 9.10. The van der Waals surface area contributed by atoms with Crippen LogP contribution < -0.4 is 20.5 Å². The van der Waals surface area contributed by atoms with Gasteiger partial charge in [0.05, 0.1) is 14.2 Å². The second-order valence-corrected chi connectivity index (χ2v) is 4.12. The number of hydrogen-bond donors (Lipinski definition) is 2. The molecule has 5 heteroatoms. The Hall–Kier alpha value is -0.780. The Kier molecular flexibility index (Phi) is 5.59. The van der Waals surface area contributed by atoms with Crippen LogP contribution in [-0.4, -0.2) is 27.3 Å². The fourth-order valence-corrected chi connectivity index (χ4v) is 1.82. The van der Waals surface area contributed by atoms with E-state index in [9.17, 15) is 0 Å². The highest BCUT2D eigenvalue weighted by Gasteiger charge is 2.08. The third-order valence-electron chi connectivity index (χ3n) is 2.19. The maximum atomic E-state index is 5.41. The molecule has 3 N–H and O–H groups in total. The number of hydrogen-bond acceptors (Lipinski definition) is 4. The van der Waals surface area contributed by atoms with Crippen molar-refractivity contribution in [2.45, 2.75) is 6.54 Å². The smallest absolute Gasteiger partial charge is 0.161 e. The Morgan fingerprint density at radius 1 is 1.25 bits per heavy atom. The lowest BCUT2D eigenvalue weighted by Gasteiger charge is -2.12. The summed E-state index contributed by atoms with van der Waals surface area (Å²) in [5.41, 5.74) is 6.53. The van der Waals surface area contributed by atoms with Crippen LogP contribution in [0.3, 0.4) is 0 Å². The van der Waals surface area contributed by atoms with Crippen LogP contribution in [0.4, 0.5) is 0 Å². The second-order valence-electron chi connectivity index (χ2n) is 3.26. The summed E-state index contributed by atoms with van der Waals surface area (Å²) >= 11 is 3.50. The lowest BCUT2D eigenvalue weighted by atomic mass is 10.2. The zero-order chi connectivity index (χ0) is 12.0. The zero-order valence-electron chi connectivity index (χ0n) is 9.55. The van der Waals surface area contributed by atoms with Gasteiger partial charge in [0.15, 0.2) is 11.5 Å². The number of rotatable bonds is 6. The van der Waals surface area contributed by atoms with Gasteiger partial charge in [-0.15, -0.1) is 0 Å². The Morgan fingerprint density at radius 2 is 1.88 bits per heavy atom. The average molecular weight is 289 g/mol. The van der Waals surface area contributed by atoms with E-state index in [-0.39, 0.29) is 0 Å². The summed E-state index contributed by atoms with van der Waals surface area (Å²) < 4.78 is 11.4. The van der Waals surface area contributed by atoms with E-state index in [0.717, 1.165) is 34.6 Å². The molecule has 0 bridgehead atoms. The lowest BCUT2D eigenvalue weighted by molar-refractivity contribution is 0.354. The Morgan fingerprint density at radius 3 is 2.44 bits per heavy atom. The molecule has 0 unspecified atom stereocenters. The number of nitrogens with one attached hydrogen (secondary N) is 1. The highest BCUT2D eigenvalue weighted by Crippen LogP contribution is 2.33. The van der Waals surface area contributed by atoms with Crippen LogP contribution >= 0.6 is 15.9 Å². The minimum atomic E-state index is 0.630. The van der Waals surface area contributed by atoms with Crippen molar-refractivity contribution < 1.29 is 9.47 Å². The standard InChI is InChI=1S/C11H17BrN2O2/c1-15-10-5-8(7-14-4-3-13)9(12)6-11(10)16-2/h5-6,14H,3-4,7,13H2,1-2H3. The largest absolute Gasteiger partial charge is 0.493 e. The molecule has 90 valence electrons. The Bertz CT molecular complexity index is 345. The van der Waals surface area contributed by atoms with Crippen LogP contribution in [0.1, 0.15) is 5.56 Å². The van der Waals surface area contributed by atoms with Crippen LogP contribution in [0, 0.1) is 0 Å². The molecule has 0 saturated heterocycles. The minimum absolute atomic E-state index is 0.630. The number of methoxy groups -OCH3 is 2. The fraction of sp³-hybridized carbons (Fsp3) is 0.455. The maximum absolute atomic E-state index is 5.41. The summed E-state index contributed by atoms with van der Waals surface area (Å²) in [6.07, 6.45) is 0. The van der Waals surface area contributed by atoms with Gasteiger partial charge >= 0.3 is 0 Å². The number of halogens is 1. The predicted octanol–water partition coefficient (Wildman–Crippen LogP) is 1.51. The molecule has 4 nitrogen and oxygen atoms in total. The van der Waals surface area contributed by atoms with Crippen molar-refractivity contribution in [2.24, 2.45) is 5.73 Å². The van der Waals surface area contributed by atoms with Gasteiger partial charge in [0, 0.05) is 24.1 Å². The van der Waals surface area contributed by atoms with E-state index in [2.05, 4.69) is 21.2 Å². The normalized spacial score (nSPS) is 10.2. The maximum Gasteiger partial charge on any atom is 0.161 e. The Labute approximate surface area is 104 Å². The van der Waals surface area contributed by atoms with Gasteiger partial charge in [-0.1, -0.05) is 15.9 Å². The molecule has 0 aliphatic carbocycles. The summed E-state index contributed by atoms with van der Waals surface area (Å²) in [4.78, 5) is 0. The van der Waals surface area contributed by atoms with Crippen molar-refractivity contribution in [3.05, 3.63) is 22.2 Å².